The van der Waals surface area contributed by atoms with Gasteiger partial charge in [-0.05, 0) is 45.8 Å². The first kappa shape index (κ1) is 14.9. The van der Waals surface area contributed by atoms with Crippen LogP contribution in [0, 0.1) is 5.82 Å². The van der Waals surface area contributed by atoms with Crippen molar-refractivity contribution in [2.75, 3.05) is 4.72 Å². The molecular weight excluding hydrogens is 351 g/mol. The van der Waals surface area contributed by atoms with Crippen LogP contribution in [0.2, 0.25) is 0 Å². The number of pyridine rings is 1. The summed E-state index contributed by atoms with van der Waals surface area (Å²) in [4.78, 5) is 3.35. The van der Waals surface area contributed by atoms with Gasteiger partial charge in [-0.1, -0.05) is 6.07 Å². The van der Waals surface area contributed by atoms with E-state index in [9.17, 15) is 12.8 Å². The highest BCUT2D eigenvalue weighted by atomic mass is 79.9. The second kappa shape index (κ2) is 5.86. The molecule has 0 unspecified atom stereocenters. The van der Waals surface area contributed by atoms with Crippen molar-refractivity contribution in [1.82, 2.24) is 4.98 Å². The van der Waals surface area contributed by atoms with Gasteiger partial charge in [0.15, 0.2) is 0 Å². The maximum absolute atomic E-state index is 13.7. The Labute approximate surface area is 123 Å². The Morgan fingerprint density at radius 2 is 2.05 bits per heavy atom. The predicted octanol–water partition coefficient (Wildman–Crippen LogP) is 2.28. The van der Waals surface area contributed by atoms with E-state index in [1.165, 1.54) is 18.3 Å². The molecule has 0 atom stereocenters. The highest BCUT2D eigenvalue weighted by molar-refractivity contribution is 9.10. The fraction of sp³-hybridized carbons (Fsp3) is 0.0833. The van der Waals surface area contributed by atoms with Gasteiger partial charge in [0.05, 0.1) is 6.61 Å². The standard InChI is InChI=1S/C12H10BrFN2O3S/c13-9-2-4-12(15-6-9)16-20(18,19)11-3-1-8(7-17)5-10(11)14/h1-6,17H,7H2,(H,15,16). The summed E-state index contributed by atoms with van der Waals surface area (Å²) in [7, 11) is -4.07. The number of rotatable bonds is 4. The number of aliphatic hydroxyl groups excluding tert-OH is 1. The summed E-state index contributed by atoms with van der Waals surface area (Å²) < 4.78 is 40.7. The summed E-state index contributed by atoms with van der Waals surface area (Å²) in [5.74, 6) is -0.847. The van der Waals surface area contributed by atoms with E-state index >= 15 is 0 Å². The van der Waals surface area contributed by atoms with Crippen LogP contribution in [0.3, 0.4) is 0 Å². The van der Waals surface area contributed by atoms with E-state index in [0.717, 1.165) is 12.1 Å². The van der Waals surface area contributed by atoms with Crippen LogP contribution in [0.5, 0.6) is 0 Å². The molecule has 0 radical (unpaired) electrons. The summed E-state index contributed by atoms with van der Waals surface area (Å²) in [6.07, 6.45) is 1.42. The number of aromatic nitrogens is 1. The molecule has 1 aromatic heterocycles. The maximum Gasteiger partial charge on any atom is 0.265 e. The van der Waals surface area contributed by atoms with Gasteiger partial charge >= 0.3 is 0 Å². The lowest BCUT2D eigenvalue weighted by Crippen LogP contribution is -2.15. The fourth-order valence-corrected chi connectivity index (χ4v) is 2.79. The molecule has 0 saturated carbocycles. The zero-order valence-corrected chi connectivity index (χ0v) is 12.4. The number of anilines is 1. The van der Waals surface area contributed by atoms with Gasteiger partial charge in [0.25, 0.3) is 10.0 Å². The van der Waals surface area contributed by atoms with Crippen molar-refractivity contribution >= 4 is 31.8 Å². The summed E-state index contributed by atoms with van der Waals surface area (Å²) in [5, 5.41) is 8.87. The first-order valence-corrected chi connectivity index (χ1v) is 7.73. The SMILES string of the molecule is O=S(=O)(Nc1ccc(Br)cn1)c1ccc(CO)cc1F. The molecule has 1 heterocycles. The van der Waals surface area contributed by atoms with Crippen LogP contribution >= 0.6 is 15.9 Å². The molecule has 2 N–H and O–H groups in total. The Morgan fingerprint density at radius 3 is 2.60 bits per heavy atom. The quantitative estimate of drug-likeness (QED) is 0.876. The van der Waals surface area contributed by atoms with E-state index in [0.29, 0.717) is 10.0 Å². The molecule has 0 aliphatic rings. The molecule has 0 spiro atoms. The first-order chi connectivity index (χ1) is 9.42. The molecule has 20 heavy (non-hydrogen) atoms. The topological polar surface area (TPSA) is 79.3 Å². The number of halogens is 2. The predicted molar refractivity (Wildman–Crippen MR) is 75.1 cm³/mol. The van der Waals surface area contributed by atoms with Crippen molar-refractivity contribution in [3.63, 3.8) is 0 Å². The average molecular weight is 361 g/mol. The lowest BCUT2D eigenvalue weighted by atomic mass is 10.2. The molecule has 0 amide bonds. The number of hydrogen-bond donors (Lipinski definition) is 2. The third-order valence-corrected chi connectivity index (χ3v) is 4.29. The third-order valence-electron chi connectivity index (χ3n) is 2.43. The van der Waals surface area contributed by atoms with Crippen molar-refractivity contribution in [2.45, 2.75) is 11.5 Å². The minimum Gasteiger partial charge on any atom is -0.392 e. The first-order valence-electron chi connectivity index (χ1n) is 5.46. The van der Waals surface area contributed by atoms with Crippen LogP contribution in [-0.4, -0.2) is 18.5 Å². The van der Waals surface area contributed by atoms with Gasteiger partial charge in [-0.15, -0.1) is 0 Å². The molecule has 5 nitrogen and oxygen atoms in total. The molecule has 106 valence electrons. The molecule has 1 aromatic carbocycles. The Kier molecular flexibility index (Phi) is 4.36. The van der Waals surface area contributed by atoms with E-state index < -0.39 is 20.7 Å². The second-order valence-electron chi connectivity index (χ2n) is 3.89. The van der Waals surface area contributed by atoms with Crippen molar-refractivity contribution in [1.29, 1.82) is 0 Å². The van der Waals surface area contributed by atoms with Crippen molar-refractivity contribution in [3.05, 3.63) is 52.4 Å². The van der Waals surface area contributed by atoms with E-state index in [1.807, 2.05) is 0 Å². The van der Waals surface area contributed by atoms with Gasteiger partial charge in [-0.25, -0.2) is 17.8 Å². The highest BCUT2D eigenvalue weighted by Gasteiger charge is 2.19. The van der Waals surface area contributed by atoms with E-state index in [4.69, 9.17) is 5.11 Å². The van der Waals surface area contributed by atoms with Crippen molar-refractivity contribution in [2.24, 2.45) is 0 Å². The lowest BCUT2D eigenvalue weighted by molar-refractivity contribution is 0.281. The molecule has 0 saturated heterocycles. The molecule has 0 fully saturated rings. The third kappa shape index (κ3) is 3.33. The minimum absolute atomic E-state index is 0.0823. The van der Waals surface area contributed by atoms with Gasteiger partial charge in [0, 0.05) is 10.7 Å². The Hall–Kier alpha value is -1.51. The summed E-state index contributed by atoms with van der Waals surface area (Å²) >= 11 is 3.17. The van der Waals surface area contributed by atoms with Crippen LogP contribution in [-0.2, 0) is 16.6 Å². The summed E-state index contributed by atoms with van der Waals surface area (Å²) in [6.45, 7) is -0.362. The largest absolute Gasteiger partial charge is 0.392 e. The molecule has 0 aliphatic heterocycles. The van der Waals surface area contributed by atoms with E-state index in [1.54, 1.807) is 6.07 Å². The lowest BCUT2D eigenvalue weighted by Gasteiger charge is -2.09. The smallest absolute Gasteiger partial charge is 0.265 e. The Bertz CT molecular complexity index is 720. The summed E-state index contributed by atoms with van der Waals surface area (Å²) in [6, 6.07) is 6.47. The normalized spacial score (nSPS) is 11.3. The van der Waals surface area contributed by atoms with E-state index in [2.05, 4.69) is 25.6 Å². The monoisotopic (exact) mass is 360 g/mol. The van der Waals surface area contributed by atoms with Crippen LogP contribution in [0.4, 0.5) is 10.2 Å². The highest BCUT2D eigenvalue weighted by Crippen LogP contribution is 2.20. The van der Waals surface area contributed by atoms with E-state index in [-0.39, 0.29) is 12.4 Å². The fourth-order valence-electron chi connectivity index (χ4n) is 1.49. The molecule has 8 heteroatoms. The molecule has 0 bridgehead atoms. The van der Waals surface area contributed by atoms with Gasteiger partial charge in [0.2, 0.25) is 0 Å². The van der Waals surface area contributed by atoms with Gasteiger partial charge in [0.1, 0.15) is 16.5 Å². The maximum atomic E-state index is 13.7. The summed E-state index contributed by atoms with van der Waals surface area (Å²) in [5.41, 5.74) is 0.295. The van der Waals surface area contributed by atoms with Crippen molar-refractivity contribution in [3.8, 4) is 0 Å². The zero-order chi connectivity index (χ0) is 14.8. The number of hydrogen-bond acceptors (Lipinski definition) is 4. The second-order valence-corrected chi connectivity index (χ2v) is 6.46. The van der Waals surface area contributed by atoms with Crippen molar-refractivity contribution < 1.29 is 17.9 Å². The molecule has 0 aliphatic carbocycles. The number of nitrogens with zero attached hydrogens (tertiary/aromatic N) is 1. The molecule has 2 aromatic rings. The molecule has 2 rings (SSSR count). The number of aliphatic hydroxyl groups is 1. The minimum atomic E-state index is -4.07. The van der Waals surface area contributed by atoms with Gasteiger partial charge in [-0.2, -0.15) is 0 Å². The van der Waals surface area contributed by atoms with Gasteiger partial charge in [-0.3, -0.25) is 4.72 Å². The number of benzene rings is 1. The van der Waals surface area contributed by atoms with Gasteiger partial charge < -0.3 is 5.11 Å². The molecular formula is C12H10BrFN2O3S. The van der Waals surface area contributed by atoms with Crippen LogP contribution < -0.4 is 4.72 Å². The number of sulfonamides is 1. The van der Waals surface area contributed by atoms with Crippen LogP contribution in [0.25, 0.3) is 0 Å². The van der Waals surface area contributed by atoms with Crippen LogP contribution in [0.1, 0.15) is 5.56 Å². The Morgan fingerprint density at radius 1 is 1.30 bits per heavy atom. The average Bonchev–Trinajstić information content (AvgIpc) is 2.40. The Balaban J connectivity index is 2.33. The number of nitrogens with one attached hydrogen (secondary N) is 1. The zero-order valence-electron chi connectivity index (χ0n) is 10.0. The van der Waals surface area contributed by atoms with Crippen LogP contribution in [0.15, 0.2) is 45.9 Å².